The van der Waals surface area contributed by atoms with Gasteiger partial charge in [0.25, 0.3) is 10.0 Å². The highest BCUT2D eigenvalue weighted by Crippen LogP contribution is 2.67. The number of aromatic amines is 1. The van der Waals surface area contributed by atoms with Crippen molar-refractivity contribution in [3.8, 4) is 0 Å². The van der Waals surface area contributed by atoms with Crippen molar-refractivity contribution in [1.82, 2.24) is 14.9 Å². The van der Waals surface area contributed by atoms with E-state index >= 15 is 0 Å². The van der Waals surface area contributed by atoms with E-state index in [0.29, 0.717) is 23.7 Å². The lowest BCUT2D eigenvalue weighted by atomic mass is 10.0. The molecular formula is C13H23N3O3S. The zero-order valence-electron chi connectivity index (χ0n) is 12.6. The van der Waals surface area contributed by atoms with Crippen molar-refractivity contribution < 1.29 is 13.5 Å². The van der Waals surface area contributed by atoms with Crippen LogP contribution in [0, 0.1) is 23.7 Å². The fourth-order valence-corrected chi connectivity index (χ4v) is 4.17. The molecule has 0 radical (unpaired) electrons. The molecule has 1 aliphatic rings. The quantitative estimate of drug-likeness (QED) is 0.761. The first-order chi connectivity index (χ1) is 9.05. The number of hydrogen-bond donors (Lipinski definition) is 3. The summed E-state index contributed by atoms with van der Waals surface area (Å²) in [6, 6.07) is 0. The maximum atomic E-state index is 12.3. The number of nitrogens with zero attached hydrogens (tertiary/aromatic N) is 1. The van der Waals surface area contributed by atoms with Gasteiger partial charge in [-0.05, 0) is 23.7 Å². The number of hydrogen-bond acceptors (Lipinski definition) is 4. The van der Waals surface area contributed by atoms with Crippen LogP contribution in [0.3, 0.4) is 0 Å². The normalized spacial score (nSPS) is 21.1. The van der Waals surface area contributed by atoms with E-state index in [2.05, 4.69) is 42.6 Å². The Morgan fingerprint density at radius 2 is 1.85 bits per heavy atom. The van der Waals surface area contributed by atoms with Crippen LogP contribution < -0.4 is 4.72 Å². The number of aliphatic hydroxyl groups excluding tert-OH is 1. The second-order valence-electron chi connectivity index (χ2n) is 6.64. The maximum Gasteiger partial charge on any atom is 0.260 e. The molecule has 0 aromatic carbocycles. The minimum atomic E-state index is -3.69. The highest BCUT2D eigenvalue weighted by molar-refractivity contribution is 7.89. The molecule has 1 aliphatic carbocycles. The van der Waals surface area contributed by atoms with Crippen LogP contribution in [0.2, 0.25) is 0 Å². The van der Waals surface area contributed by atoms with Gasteiger partial charge in [-0.3, -0.25) is 5.10 Å². The third-order valence-electron chi connectivity index (χ3n) is 5.25. The van der Waals surface area contributed by atoms with Gasteiger partial charge in [-0.2, -0.15) is 5.10 Å². The monoisotopic (exact) mass is 301 g/mol. The minimum absolute atomic E-state index is 0.103. The lowest BCUT2D eigenvalue weighted by molar-refractivity contribution is 0.277. The Labute approximate surface area is 120 Å². The van der Waals surface area contributed by atoms with Crippen molar-refractivity contribution in [3.05, 3.63) is 11.3 Å². The average molecular weight is 301 g/mol. The molecule has 0 atom stereocenters. The van der Waals surface area contributed by atoms with Crippen molar-refractivity contribution >= 4 is 10.0 Å². The number of rotatable bonds is 5. The molecule has 1 fully saturated rings. The van der Waals surface area contributed by atoms with Gasteiger partial charge < -0.3 is 5.11 Å². The first-order valence-electron chi connectivity index (χ1n) is 6.70. The topological polar surface area (TPSA) is 95.1 Å². The fourth-order valence-electron chi connectivity index (χ4n) is 2.94. The van der Waals surface area contributed by atoms with E-state index in [1.165, 1.54) is 0 Å². The summed E-state index contributed by atoms with van der Waals surface area (Å²) < 4.78 is 27.2. The van der Waals surface area contributed by atoms with Crippen LogP contribution in [0.5, 0.6) is 0 Å². The van der Waals surface area contributed by atoms with Crippen molar-refractivity contribution in [2.45, 2.75) is 46.3 Å². The first kappa shape index (κ1) is 15.5. The summed E-state index contributed by atoms with van der Waals surface area (Å²) in [6.07, 6.45) is 0. The van der Waals surface area contributed by atoms with E-state index in [1.54, 1.807) is 6.92 Å². The third-order valence-corrected chi connectivity index (χ3v) is 6.64. The van der Waals surface area contributed by atoms with Gasteiger partial charge in [-0.1, -0.05) is 27.7 Å². The molecule has 2 rings (SSSR count). The van der Waals surface area contributed by atoms with Gasteiger partial charge in [0, 0.05) is 17.8 Å². The molecule has 1 aromatic rings. The molecule has 0 unspecified atom stereocenters. The molecule has 1 aromatic heterocycles. The molecule has 1 heterocycles. The van der Waals surface area contributed by atoms with E-state index in [9.17, 15) is 13.5 Å². The highest BCUT2D eigenvalue weighted by Gasteiger charge is 2.64. The zero-order chi connectivity index (χ0) is 15.3. The Hall–Kier alpha value is -0.920. The van der Waals surface area contributed by atoms with Gasteiger partial charge in [-0.15, -0.1) is 0 Å². The Morgan fingerprint density at radius 3 is 2.30 bits per heavy atom. The summed E-state index contributed by atoms with van der Waals surface area (Å²) in [5, 5.41) is 15.5. The number of H-pyrrole nitrogens is 1. The molecule has 0 saturated heterocycles. The van der Waals surface area contributed by atoms with Crippen LogP contribution >= 0.6 is 0 Å². The average Bonchev–Trinajstić information content (AvgIpc) is 2.63. The van der Waals surface area contributed by atoms with E-state index in [1.807, 2.05) is 0 Å². The lowest BCUT2D eigenvalue weighted by Crippen LogP contribution is -2.28. The molecule has 0 aliphatic heterocycles. The predicted octanol–water partition coefficient (Wildman–Crippen LogP) is 1.17. The molecule has 0 spiro atoms. The zero-order valence-corrected chi connectivity index (χ0v) is 13.4. The Kier molecular flexibility index (Phi) is 3.51. The van der Waals surface area contributed by atoms with Gasteiger partial charge in [-0.25, -0.2) is 13.1 Å². The standard InChI is InChI=1S/C13H23N3O3S/c1-8-9(7-17)11(16-15-8)20(18,19)14-6-10-12(2,3)13(10,4)5/h10,14,17H,6-7H2,1-5H3,(H,15,16). The van der Waals surface area contributed by atoms with E-state index in [-0.39, 0.29) is 22.5 Å². The van der Waals surface area contributed by atoms with Crippen molar-refractivity contribution in [1.29, 1.82) is 0 Å². The number of aliphatic hydroxyl groups is 1. The second-order valence-corrected chi connectivity index (χ2v) is 8.32. The van der Waals surface area contributed by atoms with Gasteiger partial charge >= 0.3 is 0 Å². The summed E-state index contributed by atoms with van der Waals surface area (Å²) in [7, 11) is -3.69. The second kappa shape index (κ2) is 4.54. The number of aryl methyl sites for hydroxylation is 1. The van der Waals surface area contributed by atoms with Gasteiger partial charge in [0.1, 0.15) is 0 Å². The van der Waals surface area contributed by atoms with Crippen LogP contribution in [0.25, 0.3) is 0 Å². The van der Waals surface area contributed by atoms with Gasteiger partial charge in [0.2, 0.25) is 0 Å². The first-order valence-corrected chi connectivity index (χ1v) is 8.18. The predicted molar refractivity (Wildman–Crippen MR) is 75.5 cm³/mol. The molecule has 114 valence electrons. The Morgan fingerprint density at radius 1 is 1.30 bits per heavy atom. The fraction of sp³-hybridized carbons (Fsp3) is 0.769. The number of nitrogens with one attached hydrogen (secondary N) is 2. The van der Waals surface area contributed by atoms with Crippen LogP contribution in [0.4, 0.5) is 0 Å². The molecule has 0 amide bonds. The molecule has 1 saturated carbocycles. The SMILES string of the molecule is Cc1[nH]nc(S(=O)(=O)NCC2C(C)(C)C2(C)C)c1CO. The van der Waals surface area contributed by atoms with Crippen molar-refractivity contribution in [3.63, 3.8) is 0 Å². The molecular weight excluding hydrogens is 278 g/mol. The van der Waals surface area contributed by atoms with Crippen LogP contribution in [0.15, 0.2) is 5.03 Å². The molecule has 3 N–H and O–H groups in total. The summed E-state index contributed by atoms with van der Waals surface area (Å²) in [5.74, 6) is 0.294. The van der Waals surface area contributed by atoms with Gasteiger partial charge in [0.05, 0.1) is 6.61 Å². The highest BCUT2D eigenvalue weighted by atomic mass is 32.2. The summed E-state index contributed by atoms with van der Waals surface area (Å²) in [4.78, 5) is 0. The van der Waals surface area contributed by atoms with Gasteiger partial charge in [0.15, 0.2) is 5.03 Å². The van der Waals surface area contributed by atoms with Crippen molar-refractivity contribution in [2.24, 2.45) is 16.7 Å². The maximum absolute atomic E-state index is 12.3. The van der Waals surface area contributed by atoms with Crippen LogP contribution in [0.1, 0.15) is 39.0 Å². The summed E-state index contributed by atoms with van der Waals surface area (Å²) in [5.41, 5.74) is 1.14. The van der Waals surface area contributed by atoms with Crippen LogP contribution in [-0.4, -0.2) is 30.3 Å². The van der Waals surface area contributed by atoms with Crippen molar-refractivity contribution in [2.75, 3.05) is 6.54 Å². The largest absolute Gasteiger partial charge is 0.392 e. The Balaban J connectivity index is 2.14. The number of sulfonamides is 1. The molecule has 20 heavy (non-hydrogen) atoms. The molecule has 6 nitrogen and oxygen atoms in total. The smallest absolute Gasteiger partial charge is 0.260 e. The van der Waals surface area contributed by atoms with E-state index in [4.69, 9.17) is 0 Å². The third kappa shape index (κ3) is 2.17. The van der Waals surface area contributed by atoms with Crippen LogP contribution in [-0.2, 0) is 16.6 Å². The Bertz CT molecular complexity index is 603. The minimum Gasteiger partial charge on any atom is -0.392 e. The van der Waals surface area contributed by atoms with E-state index in [0.717, 1.165) is 0 Å². The summed E-state index contributed by atoms with van der Waals surface area (Å²) >= 11 is 0. The lowest BCUT2D eigenvalue weighted by Gasteiger charge is -2.07. The van der Waals surface area contributed by atoms with E-state index < -0.39 is 10.0 Å². The summed E-state index contributed by atoms with van der Waals surface area (Å²) in [6.45, 7) is 10.3. The molecule has 0 bridgehead atoms. The number of aromatic nitrogens is 2. The molecule has 7 heteroatoms.